The number of nitrogens with one attached hydrogen (secondary N) is 1. The molecule has 2 aliphatic rings. The van der Waals surface area contributed by atoms with Crippen LogP contribution in [0.3, 0.4) is 0 Å². The van der Waals surface area contributed by atoms with Crippen LogP contribution in [-0.4, -0.2) is 73.2 Å². The highest BCUT2D eigenvalue weighted by Gasteiger charge is 2.30. The van der Waals surface area contributed by atoms with Crippen molar-refractivity contribution in [1.29, 1.82) is 0 Å². The lowest BCUT2D eigenvalue weighted by atomic mass is 9.87. The normalized spacial score (nSPS) is 29.7. The highest BCUT2D eigenvalue weighted by molar-refractivity contribution is 7.99. The van der Waals surface area contributed by atoms with Crippen molar-refractivity contribution >= 4 is 11.8 Å². The fraction of sp³-hybridized carbons (Fsp3) is 1.00. The second-order valence-electron chi connectivity index (χ2n) is 8.14. The van der Waals surface area contributed by atoms with Gasteiger partial charge in [-0.1, -0.05) is 27.7 Å². The minimum Gasteiger partial charge on any atom is -0.312 e. The topological polar surface area (TPSA) is 18.5 Å². The van der Waals surface area contributed by atoms with E-state index in [2.05, 4.69) is 61.6 Å². The largest absolute Gasteiger partial charge is 0.312 e. The Morgan fingerprint density at radius 3 is 2.43 bits per heavy atom. The van der Waals surface area contributed by atoms with Crippen molar-refractivity contribution in [2.75, 3.05) is 51.3 Å². The van der Waals surface area contributed by atoms with E-state index in [1.807, 2.05) is 0 Å². The summed E-state index contributed by atoms with van der Waals surface area (Å²) in [5.41, 5.74) is 0.502. The summed E-state index contributed by atoms with van der Waals surface area (Å²) in [6.45, 7) is 15.6. The van der Waals surface area contributed by atoms with Gasteiger partial charge < -0.3 is 10.2 Å². The Labute approximate surface area is 136 Å². The first kappa shape index (κ1) is 17.6. The summed E-state index contributed by atoms with van der Waals surface area (Å²) < 4.78 is 0. The molecule has 0 saturated carbocycles. The molecule has 0 radical (unpaired) electrons. The van der Waals surface area contributed by atoms with E-state index in [9.17, 15) is 0 Å². The molecule has 3 nitrogen and oxygen atoms in total. The smallest absolute Gasteiger partial charge is 0.0244 e. The summed E-state index contributed by atoms with van der Waals surface area (Å²) in [5, 5.41) is 3.89. The van der Waals surface area contributed by atoms with Crippen molar-refractivity contribution in [3.63, 3.8) is 0 Å². The third-order valence-electron chi connectivity index (χ3n) is 5.00. The number of nitrogens with zero attached hydrogens (tertiary/aromatic N) is 2. The van der Waals surface area contributed by atoms with Gasteiger partial charge >= 0.3 is 0 Å². The van der Waals surface area contributed by atoms with Crippen LogP contribution in [0.15, 0.2) is 0 Å². The molecule has 4 heteroatoms. The van der Waals surface area contributed by atoms with Crippen LogP contribution in [0, 0.1) is 11.3 Å². The van der Waals surface area contributed by atoms with Crippen LogP contribution in [0.1, 0.15) is 34.1 Å². The molecule has 2 unspecified atom stereocenters. The maximum Gasteiger partial charge on any atom is 0.0244 e. The first-order valence-electron chi connectivity index (χ1n) is 8.61. The molecule has 21 heavy (non-hydrogen) atoms. The van der Waals surface area contributed by atoms with E-state index in [1.54, 1.807) is 0 Å². The molecule has 0 spiro atoms. The van der Waals surface area contributed by atoms with Crippen molar-refractivity contribution in [2.45, 2.75) is 46.2 Å². The number of likely N-dealkylation sites (N-methyl/N-ethyl adjacent to an activating group) is 1. The highest BCUT2D eigenvalue weighted by Crippen LogP contribution is 2.33. The van der Waals surface area contributed by atoms with E-state index in [4.69, 9.17) is 0 Å². The fourth-order valence-corrected chi connectivity index (χ4v) is 4.93. The van der Waals surface area contributed by atoms with E-state index < -0.39 is 0 Å². The van der Waals surface area contributed by atoms with Gasteiger partial charge in [0.2, 0.25) is 0 Å². The van der Waals surface area contributed by atoms with Crippen molar-refractivity contribution in [3.05, 3.63) is 0 Å². The molecule has 0 aliphatic carbocycles. The summed E-state index contributed by atoms with van der Waals surface area (Å²) >= 11 is 2.12. The van der Waals surface area contributed by atoms with Gasteiger partial charge in [0.1, 0.15) is 0 Å². The van der Waals surface area contributed by atoms with E-state index in [1.165, 1.54) is 44.1 Å². The van der Waals surface area contributed by atoms with Gasteiger partial charge in [-0.25, -0.2) is 0 Å². The summed E-state index contributed by atoms with van der Waals surface area (Å²) in [6.07, 6.45) is 1.33. The molecule has 0 aromatic rings. The zero-order chi connectivity index (χ0) is 15.5. The third-order valence-corrected chi connectivity index (χ3v) is 6.63. The Balaban J connectivity index is 1.83. The summed E-state index contributed by atoms with van der Waals surface area (Å²) in [6, 6.07) is 1.39. The highest BCUT2D eigenvalue weighted by atomic mass is 32.2. The SMILES string of the molecule is CC(C)C(CNC1CSCC(C)(C)C1)N1CCN(C)CC1. The molecule has 0 amide bonds. The molecule has 2 heterocycles. The van der Waals surface area contributed by atoms with Crippen molar-refractivity contribution in [3.8, 4) is 0 Å². The molecule has 124 valence electrons. The third kappa shape index (κ3) is 5.42. The Hall–Kier alpha value is 0.230. The maximum atomic E-state index is 3.89. The minimum atomic E-state index is 0.502. The van der Waals surface area contributed by atoms with Gasteiger partial charge in [0.25, 0.3) is 0 Å². The van der Waals surface area contributed by atoms with Gasteiger partial charge in [-0.3, -0.25) is 4.90 Å². The summed E-state index contributed by atoms with van der Waals surface area (Å²) in [4.78, 5) is 5.15. The summed E-state index contributed by atoms with van der Waals surface area (Å²) in [5.74, 6) is 3.33. The number of hydrogen-bond donors (Lipinski definition) is 1. The van der Waals surface area contributed by atoms with E-state index in [0.29, 0.717) is 17.5 Å². The zero-order valence-corrected chi connectivity index (χ0v) is 15.5. The molecular weight excluding hydrogens is 278 g/mol. The lowest BCUT2D eigenvalue weighted by Crippen LogP contribution is -2.55. The molecule has 2 rings (SSSR count). The zero-order valence-electron chi connectivity index (χ0n) is 14.7. The number of rotatable bonds is 5. The molecule has 0 aromatic heterocycles. The molecule has 2 aliphatic heterocycles. The van der Waals surface area contributed by atoms with Crippen LogP contribution >= 0.6 is 11.8 Å². The lowest BCUT2D eigenvalue weighted by Gasteiger charge is -2.41. The van der Waals surface area contributed by atoms with Crippen LogP contribution in [0.5, 0.6) is 0 Å². The minimum absolute atomic E-state index is 0.502. The Morgan fingerprint density at radius 2 is 1.86 bits per heavy atom. The summed E-state index contributed by atoms with van der Waals surface area (Å²) in [7, 11) is 2.24. The second kappa shape index (κ2) is 7.67. The maximum absolute atomic E-state index is 3.89. The second-order valence-corrected chi connectivity index (χ2v) is 9.17. The number of thioether (sulfide) groups is 1. The molecular formula is C17H35N3S. The molecule has 0 bridgehead atoms. The average Bonchev–Trinajstić information content (AvgIpc) is 2.39. The van der Waals surface area contributed by atoms with Gasteiger partial charge in [0, 0.05) is 50.6 Å². The number of hydrogen-bond acceptors (Lipinski definition) is 4. The van der Waals surface area contributed by atoms with E-state index in [-0.39, 0.29) is 0 Å². The fourth-order valence-electron chi connectivity index (χ4n) is 3.62. The Kier molecular flexibility index (Phi) is 6.42. The number of piperazine rings is 1. The van der Waals surface area contributed by atoms with Gasteiger partial charge in [0.15, 0.2) is 0 Å². The van der Waals surface area contributed by atoms with Crippen molar-refractivity contribution < 1.29 is 0 Å². The lowest BCUT2D eigenvalue weighted by molar-refractivity contribution is 0.0853. The molecule has 2 atom stereocenters. The van der Waals surface area contributed by atoms with Crippen LogP contribution in [0.25, 0.3) is 0 Å². The van der Waals surface area contributed by atoms with Gasteiger partial charge in [-0.15, -0.1) is 0 Å². The molecule has 2 fully saturated rings. The van der Waals surface area contributed by atoms with Gasteiger partial charge in [0.05, 0.1) is 0 Å². The molecule has 0 aromatic carbocycles. The van der Waals surface area contributed by atoms with Crippen LogP contribution in [0.2, 0.25) is 0 Å². The Bertz CT molecular complexity index is 311. The van der Waals surface area contributed by atoms with Gasteiger partial charge in [-0.2, -0.15) is 11.8 Å². The molecule has 2 saturated heterocycles. The average molecular weight is 314 g/mol. The first-order chi connectivity index (χ1) is 9.87. The van der Waals surface area contributed by atoms with Crippen molar-refractivity contribution in [1.82, 2.24) is 15.1 Å². The molecule has 1 N–H and O–H groups in total. The quantitative estimate of drug-likeness (QED) is 0.839. The van der Waals surface area contributed by atoms with Crippen LogP contribution in [0.4, 0.5) is 0 Å². The first-order valence-corrected chi connectivity index (χ1v) is 9.76. The van der Waals surface area contributed by atoms with Gasteiger partial charge in [-0.05, 0) is 30.6 Å². The Morgan fingerprint density at radius 1 is 1.19 bits per heavy atom. The van der Waals surface area contributed by atoms with E-state index >= 15 is 0 Å². The van der Waals surface area contributed by atoms with Crippen molar-refractivity contribution in [2.24, 2.45) is 11.3 Å². The van der Waals surface area contributed by atoms with E-state index in [0.717, 1.165) is 12.5 Å². The predicted octanol–water partition coefficient (Wildman–Crippen LogP) is 2.38. The standard InChI is InChI=1S/C17H35N3S/c1-14(2)16(20-8-6-19(5)7-9-20)11-18-15-10-17(3,4)13-21-12-15/h14-16,18H,6-13H2,1-5H3. The van der Waals surface area contributed by atoms with Crippen LogP contribution in [-0.2, 0) is 0 Å². The monoisotopic (exact) mass is 313 g/mol. The van der Waals surface area contributed by atoms with Crippen LogP contribution < -0.4 is 5.32 Å². The predicted molar refractivity (Wildman–Crippen MR) is 95.2 cm³/mol.